The third-order valence-corrected chi connectivity index (χ3v) is 6.26. The van der Waals surface area contributed by atoms with Crippen LogP contribution in [-0.2, 0) is 16.2 Å². The Morgan fingerprint density at radius 2 is 1.38 bits per heavy atom. The molecule has 0 bridgehead atoms. The minimum Gasteiger partial charge on any atom is -0.489 e. The Morgan fingerprint density at radius 3 is 2.00 bits per heavy atom. The minimum absolute atomic E-state index is 0.0695. The van der Waals surface area contributed by atoms with Crippen LogP contribution in [0.5, 0.6) is 5.75 Å². The summed E-state index contributed by atoms with van der Waals surface area (Å²) < 4.78 is 5.80. The van der Waals surface area contributed by atoms with Gasteiger partial charge in [0.25, 0.3) is 5.91 Å². The van der Waals surface area contributed by atoms with E-state index < -0.39 is 0 Å². The first-order chi connectivity index (χ1) is 18.1. The molecule has 2 aromatic carbocycles. The highest BCUT2D eigenvalue weighted by Crippen LogP contribution is 2.14. The summed E-state index contributed by atoms with van der Waals surface area (Å²) in [5, 5.41) is 6.63. The molecule has 2 aromatic rings. The van der Waals surface area contributed by atoms with Crippen molar-refractivity contribution in [3.05, 3.63) is 65.2 Å². The summed E-state index contributed by atoms with van der Waals surface area (Å²) in [5.41, 5.74) is 5.62. The first-order valence-corrected chi connectivity index (χ1v) is 13.9. The summed E-state index contributed by atoms with van der Waals surface area (Å²) in [6.07, 6.45) is 15.8. The number of carbonyl (C=O) groups excluding carboxylic acids is 2. The van der Waals surface area contributed by atoms with E-state index in [0.717, 1.165) is 29.7 Å². The van der Waals surface area contributed by atoms with Gasteiger partial charge in [-0.2, -0.15) is 5.10 Å². The number of benzene rings is 2. The molecule has 0 saturated carbocycles. The maximum Gasteiger partial charge on any atom is 0.259 e. The molecule has 0 unspecified atom stereocenters. The van der Waals surface area contributed by atoms with E-state index in [1.165, 1.54) is 63.4 Å². The number of hydrogen-bond acceptors (Lipinski definition) is 4. The molecule has 2 amide bonds. The number of hydrogen-bond donors (Lipinski definition) is 2. The molecule has 0 saturated heterocycles. The Morgan fingerprint density at radius 1 is 0.784 bits per heavy atom. The lowest BCUT2D eigenvalue weighted by atomic mass is 10.1. The Balaban J connectivity index is 1.49. The molecule has 37 heavy (non-hydrogen) atoms. The van der Waals surface area contributed by atoms with Crippen LogP contribution in [0.2, 0.25) is 0 Å². The first-order valence-electron chi connectivity index (χ1n) is 13.9. The van der Waals surface area contributed by atoms with Crippen molar-refractivity contribution in [1.82, 2.24) is 10.7 Å². The number of unbranched alkanes of at least 4 members (excludes halogenated alkanes) is 10. The number of hydrazone groups is 1. The highest BCUT2D eigenvalue weighted by molar-refractivity contribution is 5.86. The third-order valence-electron chi connectivity index (χ3n) is 6.26. The summed E-state index contributed by atoms with van der Waals surface area (Å²) in [6.45, 7) is 4.75. The van der Waals surface area contributed by atoms with Crippen LogP contribution in [-0.4, -0.2) is 24.6 Å². The second kappa shape index (κ2) is 19.0. The van der Waals surface area contributed by atoms with E-state index >= 15 is 0 Å². The lowest BCUT2D eigenvalue weighted by Crippen LogP contribution is -2.34. The minimum atomic E-state index is -0.346. The zero-order chi connectivity index (χ0) is 26.6. The van der Waals surface area contributed by atoms with E-state index in [-0.39, 0.29) is 18.4 Å². The van der Waals surface area contributed by atoms with Crippen LogP contribution in [0.15, 0.2) is 53.6 Å². The molecular formula is C31H45N3O3. The Kier molecular flexibility index (Phi) is 15.5. The smallest absolute Gasteiger partial charge is 0.259 e. The summed E-state index contributed by atoms with van der Waals surface area (Å²) in [5.74, 6) is 0.333. The molecule has 0 aliphatic heterocycles. The molecule has 2 N–H and O–H groups in total. The van der Waals surface area contributed by atoms with E-state index in [1.54, 1.807) is 6.21 Å². The van der Waals surface area contributed by atoms with Gasteiger partial charge >= 0.3 is 0 Å². The topological polar surface area (TPSA) is 79.8 Å². The van der Waals surface area contributed by atoms with Crippen LogP contribution < -0.4 is 15.5 Å². The fraction of sp³-hybridized carbons (Fsp3) is 0.516. The SMILES string of the molecule is CCCCCCCCCCCCCC(=O)NCC(=O)N/N=C/c1ccc(OCc2ccc(C)cc2)cc1. The summed E-state index contributed by atoms with van der Waals surface area (Å²) in [7, 11) is 0. The average molecular weight is 508 g/mol. The van der Waals surface area contributed by atoms with E-state index in [1.807, 2.05) is 24.3 Å². The van der Waals surface area contributed by atoms with Crippen molar-refractivity contribution in [2.75, 3.05) is 6.54 Å². The largest absolute Gasteiger partial charge is 0.489 e. The van der Waals surface area contributed by atoms with Crippen molar-refractivity contribution in [3.8, 4) is 5.75 Å². The molecule has 0 heterocycles. The fourth-order valence-electron chi connectivity index (χ4n) is 3.94. The number of carbonyl (C=O) groups is 2. The molecule has 0 aliphatic rings. The van der Waals surface area contributed by atoms with Crippen LogP contribution in [0, 0.1) is 6.92 Å². The second-order valence-corrected chi connectivity index (χ2v) is 9.70. The Hall–Kier alpha value is -3.15. The molecule has 6 heteroatoms. The summed E-state index contributed by atoms with van der Waals surface area (Å²) in [4.78, 5) is 23.9. The number of nitrogens with one attached hydrogen (secondary N) is 2. The fourth-order valence-corrected chi connectivity index (χ4v) is 3.94. The van der Waals surface area contributed by atoms with Crippen LogP contribution >= 0.6 is 0 Å². The Labute approximate surface area is 223 Å². The van der Waals surface area contributed by atoms with E-state index in [0.29, 0.717) is 13.0 Å². The number of ether oxygens (including phenoxy) is 1. The quantitative estimate of drug-likeness (QED) is 0.124. The van der Waals surface area contributed by atoms with Gasteiger partial charge in [-0.05, 0) is 48.7 Å². The standard InChI is InChI=1S/C31H45N3O3/c1-3-4-5-6-7-8-9-10-11-12-13-14-30(35)32-24-31(36)34-33-23-27-19-21-29(22-20-27)37-25-28-17-15-26(2)16-18-28/h15-23H,3-14,24-25H2,1-2H3,(H,32,35)(H,34,36)/b33-23+. The van der Waals surface area contributed by atoms with Gasteiger partial charge in [-0.15, -0.1) is 0 Å². The molecular weight excluding hydrogens is 462 g/mol. The van der Waals surface area contributed by atoms with Crippen LogP contribution in [0.3, 0.4) is 0 Å². The van der Waals surface area contributed by atoms with Crippen LogP contribution in [0.25, 0.3) is 0 Å². The maximum atomic E-state index is 12.0. The zero-order valence-corrected chi connectivity index (χ0v) is 22.8. The Bertz CT molecular complexity index is 924. The van der Waals surface area contributed by atoms with Crippen LogP contribution in [0.4, 0.5) is 0 Å². The van der Waals surface area contributed by atoms with Crippen molar-refractivity contribution < 1.29 is 14.3 Å². The number of amides is 2. The van der Waals surface area contributed by atoms with Crippen molar-refractivity contribution >= 4 is 18.0 Å². The lowest BCUT2D eigenvalue weighted by Gasteiger charge is -2.07. The molecule has 202 valence electrons. The van der Waals surface area contributed by atoms with Gasteiger partial charge in [-0.3, -0.25) is 9.59 Å². The summed E-state index contributed by atoms with van der Waals surface area (Å²) in [6, 6.07) is 15.7. The molecule has 0 atom stereocenters. The monoisotopic (exact) mass is 507 g/mol. The van der Waals surface area contributed by atoms with Gasteiger partial charge in [0, 0.05) is 6.42 Å². The molecule has 0 fully saturated rings. The first kappa shape index (κ1) is 30.1. The molecule has 6 nitrogen and oxygen atoms in total. The average Bonchev–Trinajstić information content (AvgIpc) is 2.91. The zero-order valence-electron chi connectivity index (χ0n) is 22.8. The predicted octanol–water partition coefficient (Wildman–Crippen LogP) is 6.84. The summed E-state index contributed by atoms with van der Waals surface area (Å²) >= 11 is 0. The number of aryl methyl sites for hydroxylation is 1. The van der Waals surface area contributed by atoms with Gasteiger partial charge in [-0.1, -0.05) is 101 Å². The predicted molar refractivity (Wildman–Crippen MR) is 152 cm³/mol. The van der Waals surface area contributed by atoms with E-state index in [9.17, 15) is 9.59 Å². The normalized spacial score (nSPS) is 11.0. The van der Waals surface area contributed by atoms with Gasteiger partial charge in [0.1, 0.15) is 12.4 Å². The van der Waals surface area contributed by atoms with Gasteiger partial charge < -0.3 is 10.1 Å². The van der Waals surface area contributed by atoms with E-state index in [2.05, 4.69) is 54.0 Å². The third kappa shape index (κ3) is 14.9. The maximum absolute atomic E-state index is 12.0. The van der Waals surface area contributed by atoms with Crippen LogP contribution in [0.1, 0.15) is 101 Å². The molecule has 0 radical (unpaired) electrons. The molecule has 0 aliphatic carbocycles. The van der Waals surface area contributed by atoms with Crippen molar-refractivity contribution in [1.29, 1.82) is 0 Å². The van der Waals surface area contributed by atoms with Gasteiger partial charge in [0.15, 0.2) is 0 Å². The number of nitrogens with zero attached hydrogens (tertiary/aromatic N) is 1. The lowest BCUT2D eigenvalue weighted by molar-refractivity contribution is -0.126. The van der Waals surface area contributed by atoms with E-state index in [4.69, 9.17) is 4.74 Å². The van der Waals surface area contributed by atoms with Crippen molar-refractivity contribution in [3.63, 3.8) is 0 Å². The second-order valence-electron chi connectivity index (χ2n) is 9.70. The molecule has 2 rings (SSSR count). The molecule has 0 aromatic heterocycles. The highest BCUT2D eigenvalue weighted by Gasteiger charge is 2.05. The van der Waals surface area contributed by atoms with Crippen molar-refractivity contribution in [2.45, 2.75) is 97.5 Å². The number of rotatable bonds is 19. The van der Waals surface area contributed by atoms with Crippen molar-refractivity contribution in [2.24, 2.45) is 5.10 Å². The van der Waals surface area contributed by atoms with Gasteiger partial charge in [0.2, 0.25) is 5.91 Å². The highest BCUT2D eigenvalue weighted by atomic mass is 16.5. The van der Waals surface area contributed by atoms with Gasteiger partial charge in [0.05, 0.1) is 12.8 Å². The molecule has 0 spiro atoms. The van der Waals surface area contributed by atoms with Gasteiger partial charge in [-0.25, -0.2) is 5.43 Å².